The molecular formula is C11H21NO2S. The fraction of sp³-hybridized carbons (Fsp3) is 0.818. The summed E-state index contributed by atoms with van der Waals surface area (Å²) in [6.45, 7) is 4.37. The molecule has 1 amide bonds. The second-order valence-corrected chi connectivity index (χ2v) is 4.04. The predicted molar refractivity (Wildman–Crippen MR) is 65.2 cm³/mol. The highest BCUT2D eigenvalue weighted by Gasteiger charge is 2.10. The topological polar surface area (TPSA) is 46.2 Å². The van der Waals surface area contributed by atoms with Crippen molar-refractivity contribution < 1.29 is 9.59 Å². The van der Waals surface area contributed by atoms with E-state index in [1.807, 2.05) is 6.92 Å². The van der Waals surface area contributed by atoms with Gasteiger partial charge in [0.1, 0.15) is 5.78 Å². The molecule has 0 heterocycles. The van der Waals surface area contributed by atoms with Crippen LogP contribution in [-0.4, -0.2) is 24.0 Å². The van der Waals surface area contributed by atoms with E-state index < -0.39 is 0 Å². The molecule has 0 bridgehead atoms. The molecule has 0 saturated heterocycles. The van der Waals surface area contributed by atoms with E-state index in [4.69, 9.17) is 0 Å². The molecule has 15 heavy (non-hydrogen) atoms. The van der Waals surface area contributed by atoms with Crippen LogP contribution in [0.15, 0.2) is 0 Å². The number of rotatable bonds is 8. The lowest BCUT2D eigenvalue weighted by atomic mass is 9.95. The maximum Gasteiger partial charge on any atom is 0.229 e. The molecule has 4 heteroatoms. The molecule has 1 atom stereocenters. The van der Waals surface area contributed by atoms with Gasteiger partial charge in [0.05, 0.1) is 5.75 Å². The van der Waals surface area contributed by atoms with Gasteiger partial charge in [-0.2, -0.15) is 12.6 Å². The molecule has 0 fully saturated rings. The molecule has 0 aliphatic carbocycles. The normalized spacial score (nSPS) is 12.2. The highest BCUT2D eigenvalue weighted by atomic mass is 32.1. The van der Waals surface area contributed by atoms with Crippen molar-refractivity contribution in [1.82, 2.24) is 5.32 Å². The fourth-order valence-electron chi connectivity index (χ4n) is 1.49. The molecule has 0 radical (unpaired) electrons. The van der Waals surface area contributed by atoms with Crippen molar-refractivity contribution in [1.29, 1.82) is 0 Å². The van der Waals surface area contributed by atoms with E-state index in [9.17, 15) is 9.59 Å². The van der Waals surface area contributed by atoms with Crippen LogP contribution in [0.4, 0.5) is 0 Å². The summed E-state index contributed by atoms with van der Waals surface area (Å²) in [5.41, 5.74) is 0. The minimum absolute atomic E-state index is 0.0306. The van der Waals surface area contributed by atoms with Crippen molar-refractivity contribution in [3.8, 4) is 0 Å². The number of hydrogen-bond acceptors (Lipinski definition) is 3. The average molecular weight is 231 g/mol. The lowest BCUT2D eigenvalue weighted by Gasteiger charge is -2.10. The molecular weight excluding hydrogens is 210 g/mol. The molecule has 88 valence electrons. The van der Waals surface area contributed by atoms with E-state index in [1.54, 1.807) is 6.92 Å². The quantitative estimate of drug-likeness (QED) is 0.494. The van der Waals surface area contributed by atoms with Crippen LogP contribution in [0.5, 0.6) is 0 Å². The van der Waals surface area contributed by atoms with Crippen molar-refractivity contribution >= 4 is 24.3 Å². The zero-order valence-corrected chi connectivity index (χ0v) is 10.5. The molecule has 0 aliphatic heterocycles. The Morgan fingerprint density at radius 3 is 2.47 bits per heavy atom. The molecule has 0 aromatic carbocycles. The molecule has 0 rings (SSSR count). The Bertz CT molecular complexity index is 207. The van der Waals surface area contributed by atoms with Crippen LogP contribution < -0.4 is 5.32 Å². The van der Waals surface area contributed by atoms with Crippen LogP contribution in [0, 0.1) is 5.92 Å². The zero-order chi connectivity index (χ0) is 11.7. The molecule has 3 nitrogen and oxygen atoms in total. The van der Waals surface area contributed by atoms with Crippen LogP contribution in [0.3, 0.4) is 0 Å². The van der Waals surface area contributed by atoms with Gasteiger partial charge in [-0.15, -0.1) is 0 Å². The third-order valence-corrected chi connectivity index (χ3v) is 2.80. The molecule has 0 spiro atoms. The Labute approximate surface area is 97.4 Å². The summed E-state index contributed by atoms with van der Waals surface area (Å²) in [4.78, 5) is 21.9. The van der Waals surface area contributed by atoms with Gasteiger partial charge in [-0.05, 0) is 26.2 Å². The molecule has 0 aromatic heterocycles. The van der Waals surface area contributed by atoms with Crippen LogP contribution >= 0.6 is 12.6 Å². The first-order valence-corrected chi connectivity index (χ1v) is 6.13. The number of carbonyl (C=O) groups excluding carboxylic acids is 2. The molecule has 0 aliphatic rings. The largest absolute Gasteiger partial charge is 0.355 e. The molecule has 0 saturated carbocycles. The van der Waals surface area contributed by atoms with Gasteiger partial charge in [-0.25, -0.2) is 0 Å². The number of nitrogens with one attached hydrogen (secondary N) is 1. The number of hydrogen-bond donors (Lipinski definition) is 2. The smallest absolute Gasteiger partial charge is 0.229 e. The molecule has 0 aromatic rings. The summed E-state index contributed by atoms with van der Waals surface area (Å²) in [6, 6.07) is 0. The van der Waals surface area contributed by atoms with Crippen molar-refractivity contribution in [2.75, 3.05) is 12.3 Å². The van der Waals surface area contributed by atoms with Crippen molar-refractivity contribution in [2.45, 2.75) is 39.5 Å². The van der Waals surface area contributed by atoms with Gasteiger partial charge in [-0.3, -0.25) is 9.59 Å². The van der Waals surface area contributed by atoms with Crippen molar-refractivity contribution in [2.24, 2.45) is 5.92 Å². The maximum atomic E-state index is 11.1. The highest BCUT2D eigenvalue weighted by Crippen LogP contribution is 2.12. The summed E-state index contributed by atoms with van der Waals surface area (Å²) < 4.78 is 0. The van der Waals surface area contributed by atoms with Crippen molar-refractivity contribution in [3.05, 3.63) is 0 Å². The van der Waals surface area contributed by atoms with Crippen LogP contribution in [-0.2, 0) is 9.59 Å². The van der Waals surface area contributed by atoms with Crippen LogP contribution in [0.25, 0.3) is 0 Å². The van der Waals surface area contributed by atoms with E-state index >= 15 is 0 Å². The van der Waals surface area contributed by atoms with E-state index in [0.29, 0.717) is 6.54 Å². The lowest BCUT2D eigenvalue weighted by Crippen LogP contribution is -2.25. The Hall–Kier alpha value is -0.510. The van der Waals surface area contributed by atoms with Gasteiger partial charge in [0.15, 0.2) is 0 Å². The number of ketones is 1. The second kappa shape index (κ2) is 8.77. The van der Waals surface area contributed by atoms with Gasteiger partial charge >= 0.3 is 0 Å². The summed E-state index contributed by atoms with van der Waals surface area (Å²) in [5, 5.41) is 2.75. The number of carbonyl (C=O) groups is 2. The summed E-state index contributed by atoms with van der Waals surface area (Å²) in [7, 11) is 0. The number of amides is 1. The Morgan fingerprint density at radius 2 is 2.00 bits per heavy atom. The first-order chi connectivity index (χ1) is 7.11. The number of thiol groups is 1. The minimum Gasteiger partial charge on any atom is -0.355 e. The Balaban J connectivity index is 3.45. The molecule has 1 unspecified atom stereocenters. The van der Waals surface area contributed by atoms with Gasteiger partial charge in [-0.1, -0.05) is 13.3 Å². The van der Waals surface area contributed by atoms with E-state index in [1.165, 1.54) is 0 Å². The molecule has 1 N–H and O–H groups in total. The summed E-state index contributed by atoms with van der Waals surface area (Å²) in [5.74, 6) is 0.685. The predicted octanol–water partition coefficient (Wildman–Crippen LogP) is 1.82. The number of unbranched alkanes of at least 4 members (excludes halogenated alkanes) is 1. The van der Waals surface area contributed by atoms with Gasteiger partial charge in [0, 0.05) is 12.5 Å². The first-order valence-electron chi connectivity index (χ1n) is 5.49. The van der Waals surface area contributed by atoms with Crippen molar-refractivity contribution in [3.63, 3.8) is 0 Å². The Kier molecular flexibility index (Phi) is 8.47. The first kappa shape index (κ1) is 14.5. The average Bonchev–Trinajstić information content (AvgIpc) is 2.22. The van der Waals surface area contributed by atoms with Crippen LogP contribution in [0.2, 0.25) is 0 Å². The lowest BCUT2D eigenvalue weighted by molar-refractivity contribution is -0.121. The standard InChI is InChI=1S/C11H21NO2S/c1-3-10(9(2)13)6-4-5-7-12-11(14)8-15/h10,15H,3-8H2,1-2H3,(H,12,14). The second-order valence-electron chi connectivity index (χ2n) is 3.72. The maximum absolute atomic E-state index is 11.1. The highest BCUT2D eigenvalue weighted by molar-refractivity contribution is 7.81. The minimum atomic E-state index is -0.0306. The Morgan fingerprint density at radius 1 is 1.33 bits per heavy atom. The van der Waals surface area contributed by atoms with E-state index in [2.05, 4.69) is 17.9 Å². The summed E-state index contributed by atoms with van der Waals surface area (Å²) >= 11 is 3.86. The van der Waals surface area contributed by atoms with Gasteiger partial charge < -0.3 is 5.32 Å². The zero-order valence-electron chi connectivity index (χ0n) is 9.58. The number of Topliss-reactive ketones (excluding diaryl/α,β-unsaturated/α-hetero) is 1. The van der Waals surface area contributed by atoms with Gasteiger partial charge in [0.25, 0.3) is 0 Å². The monoisotopic (exact) mass is 231 g/mol. The van der Waals surface area contributed by atoms with Gasteiger partial charge in [0.2, 0.25) is 5.91 Å². The van der Waals surface area contributed by atoms with E-state index in [0.717, 1.165) is 25.7 Å². The summed E-state index contributed by atoms with van der Waals surface area (Å²) in [6.07, 6.45) is 3.77. The third-order valence-electron chi connectivity index (χ3n) is 2.51. The fourth-order valence-corrected chi connectivity index (χ4v) is 1.61. The van der Waals surface area contributed by atoms with E-state index in [-0.39, 0.29) is 23.4 Å². The SMILES string of the molecule is CCC(CCCCNC(=O)CS)C(C)=O. The third kappa shape index (κ3) is 7.42. The van der Waals surface area contributed by atoms with Crippen LogP contribution in [0.1, 0.15) is 39.5 Å².